The smallest absolute Gasteiger partial charge is 0.416 e. The van der Waals surface area contributed by atoms with Gasteiger partial charge in [0.05, 0.1) is 16.4 Å². The van der Waals surface area contributed by atoms with E-state index in [9.17, 15) is 26.4 Å². The van der Waals surface area contributed by atoms with Crippen molar-refractivity contribution < 1.29 is 31.5 Å². The van der Waals surface area contributed by atoms with Crippen molar-refractivity contribution in [1.82, 2.24) is 4.31 Å². The first-order valence-electron chi connectivity index (χ1n) is 7.05. The Kier molecular flexibility index (Phi) is 5.17. The zero-order chi connectivity index (χ0) is 18.3. The van der Waals surface area contributed by atoms with Crippen LogP contribution in [0.3, 0.4) is 0 Å². The van der Waals surface area contributed by atoms with Crippen LogP contribution in [0.4, 0.5) is 13.2 Å². The summed E-state index contributed by atoms with van der Waals surface area (Å²) >= 11 is 5.64. The fourth-order valence-electron chi connectivity index (χ4n) is 2.62. The minimum Gasteiger partial charge on any atom is -0.481 e. The molecule has 134 valence electrons. The minimum atomic E-state index is -4.74. The van der Waals surface area contributed by atoms with Crippen molar-refractivity contribution in [2.45, 2.75) is 36.9 Å². The lowest BCUT2D eigenvalue weighted by molar-refractivity contribution is -0.143. The zero-order valence-electron chi connectivity index (χ0n) is 12.5. The lowest BCUT2D eigenvalue weighted by atomic mass is 9.96. The van der Waals surface area contributed by atoms with Crippen LogP contribution in [0.1, 0.15) is 25.3 Å². The molecule has 0 aromatic heterocycles. The van der Waals surface area contributed by atoms with Crippen molar-refractivity contribution >= 4 is 27.6 Å². The maximum atomic E-state index is 12.9. The third-order valence-electron chi connectivity index (χ3n) is 3.98. The highest BCUT2D eigenvalue weighted by Gasteiger charge is 2.39. The number of rotatable bonds is 3. The van der Waals surface area contributed by atoms with Crippen molar-refractivity contribution in [1.29, 1.82) is 0 Å². The molecule has 0 saturated carbocycles. The summed E-state index contributed by atoms with van der Waals surface area (Å²) in [5.41, 5.74) is -1.17. The van der Waals surface area contributed by atoms with Gasteiger partial charge in [0.1, 0.15) is 0 Å². The average molecular weight is 386 g/mol. The second kappa shape index (κ2) is 6.53. The number of alkyl halides is 3. The highest BCUT2D eigenvalue weighted by atomic mass is 35.5. The van der Waals surface area contributed by atoms with Crippen molar-refractivity contribution in [3.63, 3.8) is 0 Å². The number of benzene rings is 1. The molecule has 5 nitrogen and oxygen atoms in total. The Morgan fingerprint density at radius 3 is 2.46 bits per heavy atom. The van der Waals surface area contributed by atoms with E-state index in [1.165, 1.54) is 0 Å². The molecule has 2 atom stereocenters. The van der Waals surface area contributed by atoms with Gasteiger partial charge in [0.2, 0.25) is 10.0 Å². The Bertz CT molecular complexity index is 751. The summed E-state index contributed by atoms with van der Waals surface area (Å²) in [5, 5.41) is 8.72. The van der Waals surface area contributed by atoms with E-state index in [0.29, 0.717) is 25.0 Å². The number of aliphatic carboxylic acids is 1. The predicted octanol–water partition coefficient (Wildman–Crippen LogP) is 3.23. The quantitative estimate of drug-likeness (QED) is 0.866. The Morgan fingerprint density at radius 2 is 1.92 bits per heavy atom. The maximum Gasteiger partial charge on any atom is 0.416 e. The molecule has 0 spiro atoms. The number of sulfonamides is 1. The van der Waals surface area contributed by atoms with Gasteiger partial charge in [-0.15, -0.1) is 0 Å². The van der Waals surface area contributed by atoms with Crippen LogP contribution in [-0.2, 0) is 21.0 Å². The topological polar surface area (TPSA) is 74.7 Å². The van der Waals surface area contributed by atoms with E-state index >= 15 is 0 Å². The lowest BCUT2D eigenvalue weighted by Gasteiger charge is -2.35. The van der Waals surface area contributed by atoms with Crippen LogP contribution in [0.25, 0.3) is 0 Å². The zero-order valence-corrected chi connectivity index (χ0v) is 14.1. The fraction of sp³-hybridized carbons (Fsp3) is 0.500. The van der Waals surface area contributed by atoms with Crippen LogP contribution in [0.15, 0.2) is 23.1 Å². The summed E-state index contributed by atoms with van der Waals surface area (Å²) in [6, 6.07) is 1.57. The second-order valence-electron chi connectivity index (χ2n) is 5.71. The minimum absolute atomic E-state index is 0.285. The van der Waals surface area contributed by atoms with Crippen molar-refractivity contribution in [3.05, 3.63) is 28.8 Å². The second-order valence-corrected chi connectivity index (χ2v) is 8.04. The molecule has 1 aliphatic rings. The highest BCUT2D eigenvalue weighted by Crippen LogP contribution is 2.35. The molecule has 1 aromatic carbocycles. The van der Waals surface area contributed by atoms with E-state index in [-0.39, 0.29) is 11.6 Å². The number of hydrogen-bond donors (Lipinski definition) is 1. The average Bonchev–Trinajstić information content (AvgIpc) is 2.45. The Labute approximate surface area is 142 Å². The molecule has 2 rings (SSSR count). The number of halogens is 4. The van der Waals surface area contributed by atoms with E-state index in [1.54, 1.807) is 6.92 Å². The van der Waals surface area contributed by atoms with Crippen LogP contribution >= 0.6 is 11.6 Å². The van der Waals surface area contributed by atoms with Crippen molar-refractivity contribution in [3.8, 4) is 0 Å². The number of piperidine rings is 1. The first kappa shape index (κ1) is 19.0. The monoisotopic (exact) mass is 385 g/mol. The summed E-state index contributed by atoms with van der Waals surface area (Å²) in [6.45, 7) is 1.30. The van der Waals surface area contributed by atoms with Crippen LogP contribution in [0.2, 0.25) is 5.02 Å². The molecule has 1 aliphatic heterocycles. The molecule has 1 heterocycles. The molecule has 0 radical (unpaired) electrons. The van der Waals surface area contributed by atoms with Gasteiger partial charge in [0.25, 0.3) is 0 Å². The molecule has 1 fully saturated rings. The van der Waals surface area contributed by atoms with Gasteiger partial charge in [0.15, 0.2) is 0 Å². The van der Waals surface area contributed by atoms with Crippen LogP contribution in [0.5, 0.6) is 0 Å². The summed E-state index contributed by atoms with van der Waals surface area (Å²) in [5.74, 6) is -2.03. The number of carboxylic acids is 1. The van der Waals surface area contributed by atoms with Gasteiger partial charge in [-0.3, -0.25) is 4.79 Å². The van der Waals surface area contributed by atoms with Crippen molar-refractivity contribution in [2.24, 2.45) is 5.92 Å². The fourth-order valence-corrected chi connectivity index (χ4v) is 4.70. The molecule has 0 bridgehead atoms. The molecular weight excluding hydrogens is 371 g/mol. The third kappa shape index (κ3) is 3.84. The van der Waals surface area contributed by atoms with Crippen LogP contribution < -0.4 is 0 Å². The predicted molar refractivity (Wildman–Crippen MR) is 80.2 cm³/mol. The van der Waals surface area contributed by atoms with E-state index in [1.807, 2.05) is 0 Å². The molecule has 0 aliphatic carbocycles. The van der Waals surface area contributed by atoms with Crippen LogP contribution in [0, 0.1) is 5.92 Å². The Morgan fingerprint density at radius 1 is 1.29 bits per heavy atom. The highest BCUT2D eigenvalue weighted by molar-refractivity contribution is 7.89. The molecule has 2 unspecified atom stereocenters. The lowest BCUT2D eigenvalue weighted by Crippen LogP contribution is -2.47. The molecule has 1 aromatic rings. The molecule has 10 heteroatoms. The van der Waals surface area contributed by atoms with Gasteiger partial charge < -0.3 is 5.11 Å². The summed E-state index contributed by atoms with van der Waals surface area (Å²) in [6.07, 6.45) is -4.12. The van der Waals surface area contributed by atoms with Gasteiger partial charge >= 0.3 is 12.1 Å². The van der Waals surface area contributed by atoms with Gasteiger partial charge in [-0.25, -0.2) is 8.42 Å². The first-order valence-corrected chi connectivity index (χ1v) is 8.87. The number of carbonyl (C=O) groups is 1. The molecule has 1 saturated heterocycles. The summed E-state index contributed by atoms with van der Waals surface area (Å²) in [4.78, 5) is 10.5. The van der Waals surface area contributed by atoms with E-state index in [2.05, 4.69) is 0 Å². The van der Waals surface area contributed by atoms with E-state index in [0.717, 1.165) is 10.4 Å². The largest absolute Gasteiger partial charge is 0.481 e. The third-order valence-corrected chi connectivity index (χ3v) is 6.16. The molecular formula is C14H15ClF3NO4S. The SMILES string of the molecule is CC1CCC(C(=O)O)CN1S(=O)(=O)c1cc(Cl)cc(C(F)(F)F)c1. The number of carboxylic acid groups (broad SMARTS) is 1. The maximum absolute atomic E-state index is 12.9. The Hall–Kier alpha value is -1.32. The van der Waals surface area contributed by atoms with Crippen molar-refractivity contribution in [2.75, 3.05) is 6.54 Å². The molecule has 0 amide bonds. The number of nitrogens with zero attached hydrogens (tertiary/aromatic N) is 1. The Balaban J connectivity index is 2.46. The normalized spacial score (nSPS) is 23.2. The van der Waals surface area contributed by atoms with E-state index < -0.39 is 44.6 Å². The number of hydrogen-bond acceptors (Lipinski definition) is 3. The van der Waals surface area contributed by atoms with E-state index in [4.69, 9.17) is 16.7 Å². The molecule has 1 N–H and O–H groups in total. The van der Waals surface area contributed by atoms with Crippen LogP contribution in [-0.4, -0.2) is 36.4 Å². The van der Waals surface area contributed by atoms with Gasteiger partial charge in [-0.1, -0.05) is 11.6 Å². The van der Waals surface area contributed by atoms with Gasteiger partial charge in [-0.2, -0.15) is 17.5 Å². The van der Waals surface area contributed by atoms with Gasteiger partial charge in [-0.05, 0) is 38.0 Å². The van der Waals surface area contributed by atoms with Gasteiger partial charge in [0, 0.05) is 17.6 Å². The standard InChI is InChI=1S/C14H15ClF3NO4S/c1-8-2-3-9(13(20)21)7-19(8)24(22,23)12-5-10(14(16,17)18)4-11(15)6-12/h4-6,8-9H,2-3,7H2,1H3,(H,20,21). The first-order chi connectivity index (χ1) is 10.9. The summed E-state index contributed by atoms with van der Waals surface area (Å²) < 4.78 is 65.0. The summed E-state index contributed by atoms with van der Waals surface area (Å²) in [7, 11) is -4.30. The molecule has 24 heavy (non-hydrogen) atoms.